The third kappa shape index (κ3) is 2.95. The lowest BCUT2D eigenvalue weighted by Crippen LogP contribution is -2.44. The highest BCUT2D eigenvalue weighted by Gasteiger charge is 2.47. The van der Waals surface area contributed by atoms with Crippen LogP contribution in [0.5, 0.6) is 0 Å². The second-order valence-corrected chi connectivity index (χ2v) is 7.71. The zero-order valence-corrected chi connectivity index (χ0v) is 14.5. The Morgan fingerprint density at radius 3 is 2.79 bits per heavy atom. The maximum absolute atomic E-state index is 12.2. The Balaban J connectivity index is 1.40. The zero-order chi connectivity index (χ0) is 16.7. The predicted octanol–water partition coefficient (Wildman–Crippen LogP) is 1.61. The molecule has 3 heterocycles. The maximum Gasteiger partial charge on any atom is 0.252 e. The molecule has 0 N–H and O–H groups in total. The summed E-state index contributed by atoms with van der Waals surface area (Å²) in [6.45, 7) is 3.19. The summed E-state index contributed by atoms with van der Waals surface area (Å²) in [6.07, 6.45) is 5.38. The maximum atomic E-state index is 12.2. The lowest BCUT2D eigenvalue weighted by molar-refractivity contribution is -0.134. The van der Waals surface area contributed by atoms with Gasteiger partial charge < -0.3 is 14.2 Å². The van der Waals surface area contributed by atoms with Gasteiger partial charge in [-0.25, -0.2) is 0 Å². The van der Waals surface area contributed by atoms with E-state index in [1.54, 1.807) is 7.11 Å². The smallest absolute Gasteiger partial charge is 0.252 e. The lowest BCUT2D eigenvalue weighted by atomic mass is 9.76. The number of hydrogen-bond donors (Lipinski definition) is 0. The number of hydrogen-bond acceptors (Lipinski definition) is 6. The van der Waals surface area contributed by atoms with Gasteiger partial charge in [-0.15, -0.1) is 0 Å². The average Bonchev–Trinajstić information content (AvgIpc) is 3.25. The fraction of sp³-hybridized carbons (Fsp3) is 0.824. The molecule has 0 radical (unpaired) electrons. The van der Waals surface area contributed by atoms with Crippen LogP contribution in [-0.4, -0.2) is 59.6 Å². The molecule has 132 valence electrons. The molecule has 1 spiro atoms. The number of carbonyl (C=O) groups is 1. The molecule has 2 saturated heterocycles. The van der Waals surface area contributed by atoms with Gasteiger partial charge in [0.05, 0.1) is 6.04 Å². The minimum Gasteiger partial charge on any atom is -0.375 e. The van der Waals surface area contributed by atoms with Gasteiger partial charge >= 0.3 is 0 Å². The molecule has 1 saturated carbocycles. The molecule has 1 aliphatic carbocycles. The van der Waals surface area contributed by atoms with E-state index in [2.05, 4.69) is 27.0 Å². The van der Waals surface area contributed by atoms with E-state index >= 15 is 0 Å². The molecule has 7 nitrogen and oxygen atoms in total. The van der Waals surface area contributed by atoms with Crippen LogP contribution in [0.2, 0.25) is 0 Å². The standard InChI is InChI=1S/C17H26N4O3/c1-20-11-17(5-7-21(8-6-17)16(22)12-3-4-12)9-13(20)15-18-14(10-23-2)24-19-15/h12-13H,3-11H2,1-2H3. The third-order valence-corrected chi connectivity index (χ3v) is 5.86. The Morgan fingerprint density at radius 2 is 2.12 bits per heavy atom. The summed E-state index contributed by atoms with van der Waals surface area (Å²) in [7, 11) is 3.75. The molecule has 7 heteroatoms. The van der Waals surface area contributed by atoms with Crippen molar-refractivity contribution in [3.63, 3.8) is 0 Å². The Morgan fingerprint density at radius 1 is 1.38 bits per heavy atom. The average molecular weight is 334 g/mol. The SMILES string of the molecule is COCc1nc(C2CC3(CCN(C(=O)C4CC4)CC3)CN2C)no1. The van der Waals surface area contributed by atoms with Crippen molar-refractivity contribution in [3.8, 4) is 0 Å². The van der Waals surface area contributed by atoms with Gasteiger partial charge in [0, 0.05) is 32.7 Å². The van der Waals surface area contributed by atoms with Crippen molar-refractivity contribution in [2.24, 2.45) is 11.3 Å². The van der Waals surface area contributed by atoms with Crippen LogP contribution < -0.4 is 0 Å². The predicted molar refractivity (Wildman–Crippen MR) is 86.0 cm³/mol. The summed E-state index contributed by atoms with van der Waals surface area (Å²) < 4.78 is 10.3. The monoisotopic (exact) mass is 334 g/mol. The largest absolute Gasteiger partial charge is 0.375 e. The van der Waals surface area contributed by atoms with Gasteiger partial charge in [0.1, 0.15) is 6.61 Å². The summed E-state index contributed by atoms with van der Waals surface area (Å²) >= 11 is 0. The molecular formula is C17H26N4O3. The van der Waals surface area contributed by atoms with Gasteiger partial charge in [-0.1, -0.05) is 5.16 Å². The summed E-state index contributed by atoms with van der Waals surface area (Å²) in [5.41, 5.74) is 0.280. The summed E-state index contributed by atoms with van der Waals surface area (Å²) in [5.74, 6) is 2.01. The van der Waals surface area contributed by atoms with Crippen molar-refractivity contribution in [2.45, 2.75) is 44.8 Å². The molecule has 2 aliphatic heterocycles. The van der Waals surface area contributed by atoms with E-state index in [-0.39, 0.29) is 11.5 Å². The molecule has 24 heavy (non-hydrogen) atoms. The van der Waals surface area contributed by atoms with Crippen LogP contribution in [0.1, 0.15) is 49.9 Å². The molecule has 1 unspecified atom stereocenters. The van der Waals surface area contributed by atoms with Gasteiger partial charge in [0.15, 0.2) is 5.82 Å². The number of nitrogens with zero attached hydrogens (tertiary/aromatic N) is 4. The van der Waals surface area contributed by atoms with Crippen LogP contribution in [0.4, 0.5) is 0 Å². The number of methoxy groups -OCH3 is 1. The minimum absolute atomic E-state index is 0.199. The van der Waals surface area contributed by atoms with Crippen LogP contribution in [-0.2, 0) is 16.1 Å². The number of carbonyl (C=O) groups excluding carboxylic acids is 1. The van der Waals surface area contributed by atoms with Crippen LogP contribution in [0.25, 0.3) is 0 Å². The van der Waals surface area contributed by atoms with E-state index in [1.807, 2.05) is 0 Å². The first kappa shape index (κ1) is 16.0. The van der Waals surface area contributed by atoms with Crippen molar-refractivity contribution in [2.75, 3.05) is 33.8 Å². The van der Waals surface area contributed by atoms with Crippen LogP contribution in [0.3, 0.4) is 0 Å². The Kier molecular flexibility index (Phi) is 4.08. The zero-order valence-electron chi connectivity index (χ0n) is 14.5. The van der Waals surface area contributed by atoms with Crippen molar-refractivity contribution >= 4 is 5.91 Å². The molecule has 3 aliphatic rings. The topological polar surface area (TPSA) is 71.7 Å². The molecular weight excluding hydrogens is 308 g/mol. The van der Waals surface area contributed by atoms with E-state index in [4.69, 9.17) is 9.26 Å². The van der Waals surface area contributed by atoms with Crippen LogP contribution >= 0.6 is 0 Å². The number of aromatic nitrogens is 2. The fourth-order valence-electron chi connectivity index (χ4n) is 4.30. The van der Waals surface area contributed by atoms with Gasteiger partial charge in [-0.05, 0) is 44.6 Å². The van der Waals surface area contributed by atoms with E-state index in [1.165, 1.54) is 0 Å². The Hall–Kier alpha value is -1.47. The van der Waals surface area contributed by atoms with E-state index in [9.17, 15) is 4.79 Å². The number of rotatable bonds is 4. The number of likely N-dealkylation sites (tertiary alicyclic amines) is 2. The molecule has 1 aromatic heterocycles. The van der Waals surface area contributed by atoms with Gasteiger partial charge in [0.2, 0.25) is 5.91 Å². The highest BCUT2D eigenvalue weighted by atomic mass is 16.5. The Labute approximate surface area is 142 Å². The molecule has 0 aromatic carbocycles. The van der Waals surface area contributed by atoms with E-state index in [0.717, 1.165) is 57.6 Å². The summed E-state index contributed by atoms with van der Waals surface area (Å²) in [4.78, 5) is 21.1. The molecule has 0 bridgehead atoms. The highest BCUT2D eigenvalue weighted by molar-refractivity contribution is 5.81. The lowest BCUT2D eigenvalue weighted by Gasteiger charge is -2.39. The molecule has 1 atom stereocenters. The normalized spacial score (nSPS) is 27.1. The highest BCUT2D eigenvalue weighted by Crippen LogP contribution is 2.48. The number of piperidine rings is 1. The summed E-state index contributed by atoms with van der Waals surface area (Å²) in [5, 5.41) is 4.15. The fourth-order valence-corrected chi connectivity index (χ4v) is 4.30. The van der Waals surface area contributed by atoms with Crippen molar-refractivity contribution in [3.05, 3.63) is 11.7 Å². The van der Waals surface area contributed by atoms with Gasteiger partial charge in [0.25, 0.3) is 5.89 Å². The van der Waals surface area contributed by atoms with Crippen molar-refractivity contribution in [1.29, 1.82) is 0 Å². The number of amides is 1. The van der Waals surface area contributed by atoms with Gasteiger partial charge in [-0.3, -0.25) is 9.69 Å². The molecule has 1 amide bonds. The Bertz CT molecular complexity index is 605. The second-order valence-electron chi connectivity index (χ2n) is 7.71. The second kappa shape index (κ2) is 6.11. The van der Waals surface area contributed by atoms with Crippen LogP contribution in [0, 0.1) is 11.3 Å². The number of ether oxygens (including phenoxy) is 1. The first-order valence-electron chi connectivity index (χ1n) is 8.91. The quantitative estimate of drug-likeness (QED) is 0.833. The molecule has 1 aromatic rings. The first-order valence-corrected chi connectivity index (χ1v) is 8.91. The van der Waals surface area contributed by atoms with Crippen molar-refractivity contribution < 1.29 is 14.1 Å². The van der Waals surface area contributed by atoms with E-state index in [0.29, 0.717) is 24.3 Å². The molecule has 4 rings (SSSR count). The van der Waals surface area contributed by atoms with Crippen molar-refractivity contribution in [1.82, 2.24) is 19.9 Å². The van der Waals surface area contributed by atoms with E-state index < -0.39 is 0 Å². The molecule has 3 fully saturated rings. The van der Waals surface area contributed by atoms with Crippen LogP contribution in [0.15, 0.2) is 4.52 Å². The first-order chi connectivity index (χ1) is 11.6. The third-order valence-electron chi connectivity index (χ3n) is 5.86. The van der Waals surface area contributed by atoms with Gasteiger partial charge in [-0.2, -0.15) is 4.98 Å². The summed E-state index contributed by atoms with van der Waals surface area (Å²) in [6, 6.07) is 0.199. The minimum atomic E-state index is 0.199.